The summed E-state index contributed by atoms with van der Waals surface area (Å²) >= 11 is 0. The van der Waals surface area contributed by atoms with Gasteiger partial charge in [-0.2, -0.15) is 4.98 Å². The van der Waals surface area contributed by atoms with Crippen LogP contribution in [-0.4, -0.2) is 36.3 Å². The van der Waals surface area contributed by atoms with E-state index in [1.165, 1.54) is 5.56 Å². The number of anilines is 1. The Bertz CT molecular complexity index is 1080. The van der Waals surface area contributed by atoms with Gasteiger partial charge in [0, 0.05) is 24.2 Å². The zero-order valence-electron chi connectivity index (χ0n) is 18.3. The third kappa shape index (κ3) is 4.26. The molecule has 1 fully saturated rings. The van der Waals surface area contributed by atoms with Crippen LogP contribution in [-0.2, 0) is 4.79 Å². The number of hydrogen-bond donors (Lipinski definition) is 0. The van der Waals surface area contributed by atoms with Crippen molar-refractivity contribution < 1.29 is 18.8 Å². The van der Waals surface area contributed by atoms with Crippen molar-refractivity contribution in [1.82, 2.24) is 10.1 Å². The molecule has 1 unspecified atom stereocenters. The first-order valence-corrected chi connectivity index (χ1v) is 10.5. The van der Waals surface area contributed by atoms with Crippen LogP contribution in [0.4, 0.5) is 5.69 Å². The molecule has 3 aromatic rings. The largest absolute Gasteiger partial charge is 0.493 e. The number of nitrogens with zero attached hydrogens (tertiary/aromatic N) is 3. The molecule has 0 N–H and O–H groups in total. The molecular weight excluding hydrogens is 394 g/mol. The van der Waals surface area contributed by atoms with E-state index in [1.807, 2.05) is 37.3 Å². The predicted molar refractivity (Wildman–Crippen MR) is 118 cm³/mol. The minimum atomic E-state index is -0.138. The van der Waals surface area contributed by atoms with E-state index < -0.39 is 0 Å². The number of ether oxygens (including phenoxy) is 2. The van der Waals surface area contributed by atoms with Crippen molar-refractivity contribution in [3.63, 3.8) is 0 Å². The van der Waals surface area contributed by atoms with E-state index >= 15 is 0 Å². The first-order chi connectivity index (χ1) is 15.0. The summed E-state index contributed by atoms with van der Waals surface area (Å²) in [7, 11) is 1.59. The Kier molecular flexibility index (Phi) is 5.93. The zero-order valence-corrected chi connectivity index (χ0v) is 18.3. The molecule has 162 valence electrons. The first kappa shape index (κ1) is 20.9. The number of aromatic nitrogens is 2. The molecule has 0 saturated carbocycles. The van der Waals surface area contributed by atoms with E-state index in [2.05, 4.69) is 36.1 Å². The van der Waals surface area contributed by atoms with Gasteiger partial charge in [-0.1, -0.05) is 31.1 Å². The van der Waals surface area contributed by atoms with Crippen molar-refractivity contribution in [2.24, 2.45) is 0 Å². The Morgan fingerprint density at radius 2 is 2.03 bits per heavy atom. The fourth-order valence-corrected chi connectivity index (χ4v) is 3.77. The van der Waals surface area contributed by atoms with Gasteiger partial charge in [0.2, 0.25) is 17.6 Å². The lowest BCUT2D eigenvalue weighted by atomic mass is 10.0. The van der Waals surface area contributed by atoms with Crippen LogP contribution in [0.2, 0.25) is 0 Å². The van der Waals surface area contributed by atoms with Gasteiger partial charge >= 0.3 is 0 Å². The number of methoxy groups -OCH3 is 1. The third-order valence-corrected chi connectivity index (χ3v) is 5.49. The Labute approximate surface area is 182 Å². The van der Waals surface area contributed by atoms with Crippen LogP contribution in [0.5, 0.6) is 11.5 Å². The van der Waals surface area contributed by atoms with Crippen molar-refractivity contribution in [1.29, 1.82) is 0 Å². The molecule has 0 radical (unpaired) electrons. The Hall–Kier alpha value is -3.35. The van der Waals surface area contributed by atoms with Crippen LogP contribution in [0.1, 0.15) is 50.5 Å². The topological polar surface area (TPSA) is 77.7 Å². The normalized spacial score (nSPS) is 16.2. The zero-order chi connectivity index (χ0) is 22.0. The average molecular weight is 421 g/mol. The number of rotatable bonds is 7. The van der Waals surface area contributed by atoms with Crippen molar-refractivity contribution in [3.8, 4) is 22.9 Å². The maximum absolute atomic E-state index is 12.7. The SMILES string of the molecule is CCOc1ccc(-c2noc(C3CC(=O)N(c4cccc(C(C)C)c4)C3)n2)cc1OC. The van der Waals surface area contributed by atoms with Crippen molar-refractivity contribution in [3.05, 3.63) is 53.9 Å². The van der Waals surface area contributed by atoms with Crippen molar-refractivity contribution >= 4 is 11.6 Å². The van der Waals surface area contributed by atoms with Gasteiger partial charge in [-0.05, 0) is 48.7 Å². The van der Waals surface area contributed by atoms with E-state index in [-0.39, 0.29) is 11.8 Å². The molecule has 1 saturated heterocycles. The predicted octanol–water partition coefficient (Wildman–Crippen LogP) is 4.79. The summed E-state index contributed by atoms with van der Waals surface area (Å²) in [6.45, 7) is 7.28. The van der Waals surface area contributed by atoms with Gasteiger partial charge in [-0.15, -0.1) is 0 Å². The summed E-state index contributed by atoms with van der Waals surface area (Å²) in [5, 5.41) is 4.13. The number of benzene rings is 2. The van der Waals surface area contributed by atoms with Crippen LogP contribution in [0.15, 0.2) is 47.0 Å². The number of carbonyl (C=O) groups excluding carboxylic acids is 1. The van der Waals surface area contributed by atoms with Crippen molar-refractivity contribution in [2.45, 2.75) is 39.0 Å². The Morgan fingerprint density at radius 1 is 1.19 bits per heavy atom. The van der Waals surface area contributed by atoms with Gasteiger partial charge in [0.15, 0.2) is 11.5 Å². The maximum atomic E-state index is 12.7. The molecule has 31 heavy (non-hydrogen) atoms. The van der Waals surface area contributed by atoms with Crippen LogP contribution < -0.4 is 14.4 Å². The van der Waals surface area contributed by atoms with Gasteiger partial charge in [-0.3, -0.25) is 4.79 Å². The first-order valence-electron chi connectivity index (χ1n) is 10.5. The standard InChI is InChI=1S/C24H27N3O4/c1-5-30-20-10-9-17(12-21(20)29-4)23-25-24(31-26-23)18-13-22(28)27(14-18)19-8-6-7-16(11-19)15(2)3/h6-12,15,18H,5,13-14H2,1-4H3. The number of amides is 1. The third-order valence-electron chi connectivity index (χ3n) is 5.49. The molecule has 1 amide bonds. The van der Waals surface area contributed by atoms with Gasteiger partial charge < -0.3 is 18.9 Å². The number of carbonyl (C=O) groups is 1. The quantitative estimate of drug-likeness (QED) is 0.546. The minimum absolute atomic E-state index is 0.0633. The molecule has 2 heterocycles. The highest BCUT2D eigenvalue weighted by Gasteiger charge is 2.35. The smallest absolute Gasteiger partial charge is 0.232 e. The molecule has 1 aromatic heterocycles. The monoisotopic (exact) mass is 421 g/mol. The summed E-state index contributed by atoms with van der Waals surface area (Å²) < 4.78 is 16.5. The Balaban J connectivity index is 1.54. The van der Waals surface area contributed by atoms with E-state index in [9.17, 15) is 4.79 Å². The fourth-order valence-electron chi connectivity index (χ4n) is 3.77. The lowest BCUT2D eigenvalue weighted by molar-refractivity contribution is -0.117. The van der Waals surface area contributed by atoms with Crippen LogP contribution in [0, 0.1) is 0 Å². The fraction of sp³-hybridized carbons (Fsp3) is 0.375. The van der Waals surface area contributed by atoms with E-state index in [1.54, 1.807) is 12.0 Å². The van der Waals surface area contributed by atoms with E-state index in [4.69, 9.17) is 14.0 Å². The summed E-state index contributed by atoms with van der Waals surface area (Å²) in [6.07, 6.45) is 0.347. The molecule has 1 aliphatic heterocycles. The second-order valence-electron chi connectivity index (χ2n) is 7.91. The second kappa shape index (κ2) is 8.79. The molecule has 1 atom stereocenters. The molecule has 1 aliphatic rings. The van der Waals surface area contributed by atoms with E-state index in [0.717, 1.165) is 11.3 Å². The summed E-state index contributed by atoms with van der Waals surface area (Å²) in [6, 6.07) is 13.6. The van der Waals surface area contributed by atoms with Crippen molar-refractivity contribution in [2.75, 3.05) is 25.2 Å². The van der Waals surface area contributed by atoms with Crippen LogP contribution in [0.25, 0.3) is 11.4 Å². The summed E-state index contributed by atoms with van der Waals surface area (Å²) in [4.78, 5) is 19.1. The highest BCUT2D eigenvalue weighted by molar-refractivity contribution is 5.96. The highest BCUT2D eigenvalue weighted by Crippen LogP contribution is 2.35. The minimum Gasteiger partial charge on any atom is -0.493 e. The lowest BCUT2D eigenvalue weighted by Gasteiger charge is -2.18. The number of hydrogen-bond acceptors (Lipinski definition) is 6. The molecule has 2 aromatic carbocycles. The van der Waals surface area contributed by atoms with E-state index in [0.29, 0.717) is 48.7 Å². The van der Waals surface area contributed by atoms with Gasteiger partial charge in [0.1, 0.15) is 0 Å². The molecule has 0 bridgehead atoms. The Morgan fingerprint density at radius 3 is 2.77 bits per heavy atom. The molecule has 4 rings (SSSR count). The maximum Gasteiger partial charge on any atom is 0.232 e. The summed E-state index contributed by atoms with van der Waals surface area (Å²) in [5.74, 6) is 2.53. The molecule has 0 spiro atoms. The second-order valence-corrected chi connectivity index (χ2v) is 7.91. The summed E-state index contributed by atoms with van der Waals surface area (Å²) in [5.41, 5.74) is 2.88. The molecular formula is C24H27N3O4. The highest BCUT2D eigenvalue weighted by atomic mass is 16.5. The molecule has 0 aliphatic carbocycles. The van der Waals surface area contributed by atoms with Gasteiger partial charge in [0.25, 0.3) is 0 Å². The van der Waals surface area contributed by atoms with Crippen LogP contribution >= 0.6 is 0 Å². The molecule has 7 heteroatoms. The van der Waals surface area contributed by atoms with Crippen LogP contribution in [0.3, 0.4) is 0 Å². The average Bonchev–Trinajstić information content (AvgIpc) is 3.41. The van der Waals surface area contributed by atoms with Gasteiger partial charge in [-0.25, -0.2) is 0 Å². The van der Waals surface area contributed by atoms with Gasteiger partial charge in [0.05, 0.1) is 19.6 Å². The molecule has 7 nitrogen and oxygen atoms in total. The lowest BCUT2D eigenvalue weighted by Crippen LogP contribution is -2.24.